The number of aliphatic hydroxyl groups is 1. The smallest absolute Gasteiger partial charge is 0.0835 e. The maximum atomic E-state index is 9.80. The van der Waals surface area contributed by atoms with E-state index in [-0.39, 0.29) is 6.10 Å². The summed E-state index contributed by atoms with van der Waals surface area (Å²) in [5.74, 6) is 0. The van der Waals surface area contributed by atoms with Crippen molar-refractivity contribution in [1.82, 2.24) is 0 Å². The van der Waals surface area contributed by atoms with Crippen LogP contribution in [-0.2, 0) is 0 Å². The lowest BCUT2D eigenvalue weighted by molar-refractivity contribution is -0.944. The number of aliphatic hydroxyl groups excluding tert-OH is 1. The van der Waals surface area contributed by atoms with Crippen molar-refractivity contribution in [2.24, 2.45) is 16.2 Å². The second kappa shape index (κ2) is 7.00. The van der Waals surface area contributed by atoms with Crippen molar-refractivity contribution in [2.75, 3.05) is 26.2 Å². The van der Waals surface area contributed by atoms with Crippen LogP contribution in [0, 0.1) is 16.2 Å². The van der Waals surface area contributed by atoms with Crippen LogP contribution in [0.5, 0.6) is 0 Å². The average molecular weight is 301 g/mol. The monoisotopic (exact) mass is 300 g/mol. The molecule has 0 saturated heterocycles. The fourth-order valence-corrected chi connectivity index (χ4v) is 3.88. The van der Waals surface area contributed by atoms with Gasteiger partial charge in [0.2, 0.25) is 0 Å². The van der Waals surface area contributed by atoms with E-state index in [2.05, 4.69) is 62.3 Å². The van der Waals surface area contributed by atoms with Crippen molar-refractivity contribution in [3.63, 3.8) is 0 Å². The minimum atomic E-state index is -0.206. The summed E-state index contributed by atoms with van der Waals surface area (Å²) >= 11 is 0. The van der Waals surface area contributed by atoms with E-state index in [9.17, 15) is 5.11 Å². The molecule has 0 radical (unpaired) electrons. The molecule has 0 fully saturated rings. The fourth-order valence-electron chi connectivity index (χ4n) is 3.88. The zero-order valence-corrected chi connectivity index (χ0v) is 16.5. The maximum Gasteiger partial charge on any atom is 0.0835 e. The van der Waals surface area contributed by atoms with Crippen LogP contribution in [0.1, 0.15) is 75.7 Å². The Morgan fingerprint density at radius 1 is 0.714 bits per heavy atom. The lowest BCUT2D eigenvalue weighted by Gasteiger charge is -2.49. The van der Waals surface area contributed by atoms with Gasteiger partial charge in [-0.3, -0.25) is 0 Å². The van der Waals surface area contributed by atoms with Crippen molar-refractivity contribution < 1.29 is 9.59 Å². The van der Waals surface area contributed by atoms with Crippen molar-refractivity contribution in [3.05, 3.63) is 0 Å². The molecule has 0 bridgehead atoms. The van der Waals surface area contributed by atoms with Gasteiger partial charge >= 0.3 is 0 Å². The molecule has 1 atom stereocenters. The molecule has 0 aromatic heterocycles. The third kappa shape index (κ3) is 11.2. The maximum absolute atomic E-state index is 9.80. The van der Waals surface area contributed by atoms with Crippen LogP contribution in [0.4, 0.5) is 0 Å². The molecule has 0 spiro atoms. The van der Waals surface area contributed by atoms with Gasteiger partial charge in [0.15, 0.2) is 0 Å². The van der Waals surface area contributed by atoms with Crippen LogP contribution in [-0.4, -0.2) is 41.9 Å². The van der Waals surface area contributed by atoms with Crippen molar-refractivity contribution in [3.8, 4) is 0 Å². The van der Waals surface area contributed by atoms with Crippen LogP contribution >= 0.6 is 0 Å². The molecule has 0 aromatic rings. The highest BCUT2D eigenvalue weighted by molar-refractivity contribution is 4.71. The molecule has 128 valence electrons. The van der Waals surface area contributed by atoms with E-state index in [1.54, 1.807) is 0 Å². The third-order valence-corrected chi connectivity index (χ3v) is 3.45. The Balaban J connectivity index is 5.46. The summed E-state index contributed by atoms with van der Waals surface area (Å²) in [4.78, 5) is 0. The lowest BCUT2D eigenvalue weighted by Crippen LogP contribution is -2.59. The Labute approximate surface area is 134 Å². The third-order valence-electron chi connectivity index (χ3n) is 3.45. The summed E-state index contributed by atoms with van der Waals surface area (Å²) in [5.41, 5.74) is 0.902. The SMILES string of the molecule is CC(O)CC[N+](CC(C)(C)C)(CC(C)(C)C)CC(C)(C)C. The predicted octanol–water partition coefficient (Wildman–Crippen LogP) is 4.71. The molecule has 1 unspecified atom stereocenters. The summed E-state index contributed by atoms with van der Waals surface area (Å²) in [7, 11) is 0. The van der Waals surface area contributed by atoms with Crippen LogP contribution in [0.2, 0.25) is 0 Å². The number of hydrogen-bond acceptors (Lipinski definition) is 1. The second-order valence-electron chi connectivity index (χ2n) is 10.9. The van der Waals surface area contributed by atoms with Gasteiger partial charge in [-0.1, -0.05) is 62.3 Å². The number of quaternary nitrogens is 1. The van der Waals surface area contributed by atoms with E-state index in [1.165, 1.54) is 19.6 Å². The van der Waals surface area contributed by atoms with Gasteiger partial charge in [-0.15, -0.1) is 0 Å². The Hall–Kier alpha value is -0.0800. The Morgan fingerprint density at radius 2 is 1.00 bits per heavy atom. The largest absolute Gasteiger partial charge is 0.393 e. The van der Waals surface area contributed by atoms with Gasteiger partial charge in [0, 0.05) is 22.7 Å². The van der Waals surface area contributed by atoms with Crippen molar-refractivity contribution >= 4 is 0 Å². The molecule has 0 aliphatic heterocycles. The van der Waals surface area contributed by atoms with E-state index < -0.39 is 0 Å². The summed E-state index contributed by atoms with van der Waals surface area (Å²) in [5, 5.41) is 9.80. The zero-order chi connectivity index (χ0) is 17.1. The molecule has 0 rings (SSSR count). The lowest BCUT2D eigenvalue weighted by atomic mass is 9.85. The van der Waals surface area contributed by atoms with Crippen LogP contribution < -0.4 is 0 Å². The second-order valence-corrected chi connectivity index (χ2v) is 10.9. The molecule has 0 heterocycles. The van der Waals surface area contributed by atoms with E-state index in [0.717, 1.165) is 17.4 Å². The Bertz CT molecular complexity index is 258. The number of rotatable bonds is 6. The van der Waals surface area contributed by atoms with Gasteiger partial charge in [0.25, 0.3) is 0 Å². The molecule has 2 nitrogen and oxygen atoms in total. The van der Waals surface area contributed by atoms with E-state index in [0.29, 0.717) is 16.2 Å². The molecular formula is C19H42NO+. The summed E-state index contributed by atoms with van der Waals surface area (Å²) in [6, 6.07) is 0. The minimum absolute atomic E-state index is 0.206. The van der Waals surface area contributed by atoms with Crippen molar-refractivity contribution in [2.45, 2.75) is 81.8 Å². The van der Waals surface area contributed by atoms with Gasteiger partial charge in [-0.05, 0) is 6.92 Å². The average Bonchev–Trinajstić information content (AvgIpc) is 2.05. The quantitative estimate of drug-likeness (QED) is 0.704. The molecule has 0 aliphatic carbocycles. The van der Waals surface area contributed by atoms with E-state index in [1.807, 2.05) is 6.92 Å². The Kier molecular flexibility index (Phi) is 6.97. The van der Waals surface area contributed by atoms with Gasteiger partial charge in [0.05, 0.1) is 32.3 Å². The Morgan fingerprint density at radius 3 is 1.19 bits per heavy atom. The first-order valence-corrected chi connectivity index (χ1v) is 8.57. The van der Waals surface area contributed by atoms with E-state index >= 15 is 0 Å². The normalized spacial score (nSPS) is 16.1. The number of nitrogens with zero attached hydrogens (tertiary/aromatic N) is 1. The molecule has 0 aromatic carbocycles. The minimum Gasteiger partial charge on any atom is -0.393 e. The first-order valence-electron chi connectivity index (χ1n) is 8.57. The molecule has 0 saturated carbocycles. The van der Waals surface area contributed by atoms with Crippen LogP contribution in [0.3, 0.4) is 0 Å². The molecule has 1 N–H and O–H groups in total. The van der Waals surface area contributed by atoms with E-state index in [4.69, 9.17) is 0 Å². The highest BCUT2D eigenvalue weighted by Crippen LogP contribution is 2.32. The van der Waals surface area contributed by atoms with Crippen molar-refractivity contribution in [1.29, 1.82) is 0 Å². The zero-order valence-electron chi connectivity index (χ0n) is 16.5. The van der Waals surface area contributed by atoms with Gasteiger partial charge < -0.3 is 9.59 Å². The van der Waals surface area contributed by atoms with Crippen LogP contribution in [0.25, 0.3) is 0 Å². The van der Waals surface area contributed by atoms with Gasteiger partial charge in [0.1, 0.15) is 0 Å². The fraction of sp³-hybridized carbons (Fsp3) is 1.00. The standard InChI is InChI=1S/C19H42NO/c1-16(21)11-12-20(13-17(2,3)4,14-18(5,6)7)15-19(8,9)10/h16,21H,11-15H2,1-10H3/q+1. The molecule has 0 aliphatic rings. The first kappa shape index (κ1) is 20.9. The highest BCUT2D eigenvalue weighted by atomic mass is 16.3. The topological polar surface area (TPSA) is 20.2 Å². The summed E-state index contributed by atoms with van der Waals surface area (Å²) < 4.78 is 1.11. The molecule has 0 amide bonds. The summed E-state index contributed by atoms with van der Waals surface area (Å²) in [6.45, 7) is 27.6. The molecule has 2 heteroatoms. The van der Waals surface area contributed by atoms with Crippen LogP contribution in [0.15, 0.2) is 0 Å². The molecule has 21 heavy (non-hydrogen) atoms. The van der Waals surface area contributed by atoms with Gasteiger partial charge in [-0.2, -0.15) is 0 Å². The summed E-state index contributed by atoms with van der Waals surface area (Å²) in [6.07, 6.45) is 0.685. The highest BCUT2D eigenvalue weighted by Gasteiger charge is 2.39. The van der Waals surface area contributed by atoms with Gasteiger partial charge in [-0.25, -0.2) is 0 Å². The molecular weight excluding hydrogens is 258 g/mol. The predicted molar refractivity (Wildman–Crippen MR) is 94.4 cm³/mol. The number of hydrogen-bond donors (Lipinski definition) is 1. The first-order chi connectivity index (χ1) is 9.04.